The molecule has 0 aliphatic rings. The SMILES string of the molecule is C=C/C(=C\C)c1cccc(-c2ccc3c4ccccc4c4ccccc4c3c2)c1. The van der Waals surface area contributed by atoms with Crippen LogP contribution in [-0.4, -0.2) is 0 Å². The Morgan fingerprint density at radius 2 is 1.14 bits per heavy atom. The molecule has 5 rings (SSSR count). The van der Waals surface area contributed by atoms with Crippen molar-refractivity contribution in [1.82, 2.24) is 0 Å². The van der Waals surface area contributed by atoms with E-state index in [-0.39, 0.29) is 0 Å². The number of rotatable bonds is 3. The highest BCUT2D eigenvalue weighted by Gasteiger charge is 2.09. The van der Waals surface area contributed by atoms with Gasteiger partial charge in [0, 0.05) is 0 Å². The molecular formula is C29H22. The lowest BCUT2D eigenvalue weighted by atomic mass is 9.91. The smallest absolute Gasteiger partial charge is 0.00928 e. The molecule has 29 heavy (non-hydrogen) atoms. The van der Waals surface area contributed by atoms with Gasteiger partial charge in [0.2, 0.25) is 0 Å². The minimum Gasteiger partial charge on any atom is -0.0985 e. The van der Waals surface area contributed by atoms with Crippen LogP contribution in [0.5, 0.6) is 0 Å². The van der Waals surface area contributed by atoms with Crippen LogP contribution in [0, 0.1) is 0 Å². The largest absolute Gasteiger partial charge is 0.0985 e. The molecule has 5 aromatic carbocycles. The molecule has 0 saturated carbocycles. The quantitative estimate of drug-likeness (QED) is 0.221. The predicted molar refractivity (Wildman–Crippen MR) is 128 cm³/mol. The van der Waals surface area contributed by atoms with Crippen molar-refractivity contribution < 1.29 is 0 Å². The first kappa shape index (κ1) is 17.5. The minimum absolute atomic E-state index is 1.16. The standard InChI is InChI=1S/C29H22/c1-3-20(4-2)21-10-9-11-22(18-21)23-16-17-28-26-14-6-5-12-24(26)25-13-7-8-15-27(25)29(28)19-23/h3-19H,1H2,2H3/b20-4+. The van der Waals surface area contributed by atoms with Gasteiger partial charge in [-0.3, -0.25) is 0 Å². The maximum absolute atomic E-state index is 3.95. The number of hydrogen-bond donors (Lipinski definition) is 0. The highest BCUT2D eigenvalue weighted by molar-refractivity contribution is 6.25. The topological polar surface area (TPSA) is 0 Å². The maximum atomic E-state index is 3.95. The molecule has 138 valence electrons. The van der Waals surface area contributed by atoms with E-state index in [9.17, 15) is 0 Å². The van der Waals surface area contributed by atoms with Gasteiger partial charge in [-0.25, -0.2) is 0 Å². The van der Waals surface area contributed by atoms with Crippen LogP contribution in [0.4, 0.5) is 0 Å². The number of hydrogen-bond acceptors (Lipinski definition) is 0. The van der Waals surface area contributed by atoms with Crippen LogP contribution >= 0.6 is 0 Å². The summed E-state index contributed by atoms with van der Waals surface area (Å²) in [7, 11) is 0. The van der Waals surface area contributed by atoms with Crippen LogP contribution in [0.25, 0.3) is 49.0 Å². The zero-order chi connectivity index (χ0) is 19.8. The van der Waals surface area contributed by atoms with Crippen molar-refractivity contribution in [2.75, 3.05) is 0 Å². The Labute approximate surface area is 171 Å². The van der Waals surface area contributed by atoms with Gasteiger partial charge in [-0.1, -0.05) is 97.6 Å². The van der Waals surface area contributed by atoms with Gasteiger partial charge >= 0.3 is 0 Å². The Morgan fingerprint density at radius 3 is 1.72 bits per heavy atom. The summed E-state index contributed by atoms with van der Waals surface area (Å²) in [5.41, 5.74) is 4.81. The van der Waals surface area contributed by atoms with Crippen molar-refractivity contribution >= 4 is 37.9 Å². The lowest BCUT2D eigenvalue weighted by Gasteiger charge is -2.12. The monoisotopic (exact) mass is 370 g/mol. The molecule has 0 aromatic heterocycles. The lowest BCUT2D eigenvalue weighted by molar-refractivity contribution is 1.58. The second-order valence-electron chi connectivity index (χ2n) is 7.38. The van der Waals surface area contributed by atoms with Gasteiger partial charge in [-0.05, 0) is 73.6 Å². The first-order valence-corrected chi connectivity index (χ1v) is 10.0. The van der Waals surface area contributed by atoms with Gasteiger partial charge in [0.25, 0.3) is 0 Å². The summed E-state index contributed by atoms with van der Waals surface area (Å²) in [5, 5.41) is 7.85. The van der Waals surface area contributed by atoms with E-state index in [0.29, 0.717) is 0 Å². The average Bonchev–Trinajstić information content (AvgIpc) is 2.80. The molecule has 0 fully saturated rings. The Kier molecular flexibility index (Phi) is 4.26. The van der Waals surface area contributed by atoms with E-state index in [2.05, 4.69) is 111 Å². The maximum Gasteiger partial charge on any atom is -0.00928 e. The summed E-state index contributed by atoms with van der Waals surface area (Å²) in [6.45, 7) is 6.00. The molecule has 0 heteroatoms. The third-order valence-electron chi connectivity index (χ3n) is 5.80. The van der Waals surface area contributed by atoms with Gasteiger partial charge in [-0.2, -0.15) is 0 Å². The molecule has 0 unspecified atom stereocenters. The van der Waals surface area contributed by atoms with Crippen molar-refractivity contribution in [3.8, 4) is 11.1 Å². The van der Waals surface area contributed by atoms with Gasteiger partial charge < -0.3 is 0 Å². The summed E-state index contributed by atoms with van der Waals surface area (Å²) < 4.78 is 0. The van der Waals surface area contributed by atoms with Crippen molar-refractivity contribution in [1.29, 1.82) is 0 Å². The van der Waals surface area contributed by atoms with Crippen LogP contribution in [0.3, 0.4) is 0 Å². The van der Waals surface area contributed by atoms with Crippen molar-refractivity contribution in [2.24, 2.45) is 0 Å². The van der Waals surface area contributed by atoms with E-state index >= 15 is 0 Å². The van der Waals surface area contributed by atoms with E-state index in [1.54, 1.807) is 0 Å². The molecule has 0 aliphatic heterocycles. The van der Waals surface area contributed by atoms with E-state index in [0.717, 1.165) is 5.57 Å². The van der Waals surface area contributed by atoms with Gasteiger partial charge in [0.1, 0.15) is 0 Å². The molecule has 0 saturated heterocycles. The second kappa shape index (κ2) is 7.07. The van der Waals surface area contributed by atoms with E-state index in [1.807, 2.05) is 6.08 Å². The Bertz CT molecular complexity index is 1380. The molecule has 0 bridgehead atoms. The molecule has 0 radical (unpaired) electrons. The highest BCUT2D eigenvalue weighted by atomic mass is 14.1. The molecule has 0 nitrogen and oxygen atoms in total. The number of fused-ring (bicyclic) bond motifs is 6. The zero-order valence-corrected chi connectivity index (χ0v) is 16.5. The summed E-state index contributed by atoms with van der Waals surface area (Å²) >= 11 is 0. The summed E-state index contributed by atoms with van der Waals surface area (Å²) in [5.74, 6) is 0. The number of allylic oxidation sites excluding steroid dienone is 3. The molecule has 0 heterocycles. The Hall–Kier alpha value is -3.64. The van der Waals surface area contributed by atoms with Gasteiger partial charge in [0.05, 0.1) is 0 Å². The summed E-state index contributed by atoms with van der Waals surface area (Å²) in [6.07, 6.45) is 4.02. The van der Waals surface area contributed by atoms with Gasteiger partial charge in [0.15, 0.2) is 0 Å². The van der Waals surface area contributed by atoms with E-state index in [4.69, 9.17) is 0 Å². The molecule has 0 amide bonds. The Balaban J connectivity index is 1.81. The fourth-order valence-electron chi connectivity index (χ4n) is 4.37. The molecule has 0 spiro atoms. The molecular weight excluding hydrogens is 348 g/mol. The van der Waals surface area contributed by atoms with Crippen LogP contribution in [0.15, 0.2) is 110 Å². The highest BCUT2D eigenvalue weighted by Crippen LogP contribution is 2.37. The first-order valence-electron chi connectivity index (χ1n) is 10.0. The van der Waals surface area contributed by atoms with Crippen LogP contribution in [0.2, 0.25) is 0 Å². The van der Waals surface area contributed by atoms with E-state index < -0.39 is 0 Å². The lowest BCUT2D eigenvalue weighted by Crippen LogP contribution is -1.86. The third kappa shape index (κ3) is 2.85. The normalized spacial score (nSPS) is 12.0. The van der Waals surface area contributed by atoms with Crippen LogP contribution in [0.1, 0.15) is 12.5 Å². The van der Waals surface area contributed by atoms with E-state index in [1.165, 1.54) is 49.0 Å². The second-order valence-corrected chi connectivity index (χ2v) is 7.38. The minimum atomic E-state index is 1.16. The average molecular weight is 370 g/mol. The molecule has 0 atom stereocenters. The number of benzene rings is 5. The first-order chi connectivity index (χ1) is 14.3. The summed E-state index contributed by atoms with van der Waals surface area (Å²) in [4.78, 5) is 0. The van der Waals surface area contributed by atoms with Crippen LogP contribution < -0.4 is 0 Å². The molecule has 5 aromatic rings. The Morgan fingerprint density at radius 1 is 0.586 bits per heavy atom. The fraction of sp³-hybridized carbons (Fsp3) is 0.0345. The summed E-state index contributed by atoms with van der Waals surface area (Å²) in [6, 6.07) is 33.0. The predicted octanol–water partition coefficient (Wildman–Crippen LogP) is 8.40. The van der Waals surface area contributed by atoms with Gasteiger partial charge in [-0.15, -0.1) is 0 Å². The molecule has 0 N–H and O–H groups in total. The van der Waals surface area contributed by atoms with Crippen molar-refractivity contribution in [2.45, 2.75) is 6.92 Å². The van der Waals surface area contributed by atoms with Crippen molar-refractivity contribution in [3.63, 3.8) is 0 Å². The molecule has 0 aliphatic carbocycles. The zero-order valence-electron chi connectivity index (χ0n) is 16.5. The fourth-order valence-corrected chi connectivity index (χ4v) is 4.37. The van der Waals surface area contributed by atoms with Crippen LogP contribution in [-0.2, 0) is 0 Å². The van der Waals surface area contributed by atoms with Crippen molar-refractivity contribution in [3.05, 3.63) is 115 Å². The third-order valence-corrected chi connectivity index (χ3v) is 5.80.